The van der Waals surface area contributed by atoms with Crippen LogP contribution in [0.2, 0.25) is 0 Å². The molecule has 0 atom stereocenters. The Balaban J connectivity index is 1.83. The third kappa shape index (κ3) is 2.23. The van der Waals surface area contributed by atoms with Crippen LogP contribution in [0.4, 0.5) is 0 Å². The molecule has 2 fully saturated rings. The summed E-state index contributed by atoms with van der Waals surface area (Å²) in [7, 11) is 4.71. The van der Waals surface area contributed by atoms with E-state index in [-0.39, 0.29) is 0 Å². The molecule has 76 valence electrons. The van der Waals surface area contributed by atoms with Gasteiger partial charge in [0.15, 0.2) is 0 Å². The Morgan fingerprint density at radius 3 is 2.08 bits per heavy atom. The maximum Gasteiger partial charge on any atom is 0.0912 e. The number of quaternary nitrogens is 1. The molecule has 1 aliphatic heterocycles. The molecule has 0 N–H and O–H groups in total. The molecule has 0 amide bonds. The van der Waals surface area contributed by atoms with E-state index >= 15 is 0 Å². The average molecular weight is 183 g/mol. The van der Waals surface area contributed by atoms with Gasteiger partial charge in [-0.05, 0) is 12.8 Å². The number of likely N-dealkylation sites (N-methyl/N-ethyl adjacent to an activating group) is 1. The first-order chi connectivity index (χ1) is 6.17. The molecule has 0 radical (unpaired) electrons. The van der Waals surface area contributed by atoms with Crippen molar-refractivity contribution in [3.63, 3.8) is 0 Å². The van der Waals surface area contributed by atoms with Crippen molar-refractivity contribution in [2.45, 2.75) is 31.7 Å². The van der Waals surface area contributed by atoms with E-state index in [0.29, 0.717) is 0 Å². The van der Waals surface area contributed by atoms with Crippen LogP contribution in [0, 0.1) is 0 Å². The largest absolute Gasteiger partial charge is 0.326 e. The van der Waals surface area contributed by atoms with Crippen LogP contribution in [0.1, 0.15) is 25.7 Å². The molecule has 0 aromatic carbocycles. The third-order valence-corrected chi connectivity index (χ3v) is 3.83. The number of nitrogens with zero attached hydrogens (tertiary/aromatic N) is 2. The van der Waals surface area contributed by atoms with E-state index < -0.39 is 0 Å². The Bertz CT molecular complexity index is 161. The summed E-state index contributed by atoms with van der Waals surface area (Å²) in [5, 5.41) is 0. The van der Waals surface area contributed by atoms with Crippen molar-refractivity contribution in [2.75, 3.05) is 40.3 Å². The minimum absolute atomic E-state index is 0.945. The monoisotopic (exact) mass is 183 g/mol. The summed E-state index contributed by atoms with van der Waals surface area (Å²) in [5.41, 5.74) is 0. The van der Waals surface area contributed by atoms with E-state index in [4.69, 9.17) is 0 Å². The van der Waals surface area contributed by atoms with Gasteiger partial charge in [-0.1, -0.05) is 12.8 Å². The van der Waals surface area contributed by atoms with Gasteiger partial charge >= 0.3 is 0 Å². The van der Waals surface area contributed by atoms with Crippen LogP contribution in [0.25, 0.3) is 0 Å². The molecule has 0 bridgehead atoms. The SMILES string of the molecule is C[N+]1(C)CCN(C2CCCC2)CC1. The smallest absolute Gasteiger partial charge is 0.0912 e. The number of rotatable bonds is 1. The first-order valence-corrected chi connectivity index (χ1v) is 5.73. The fourth-order valence-electron chi connectivity index (χ4n) is 2.66. The highest BCUT2D eigenvalue weighted by Crippen LogP contribution is 2.24. The number of hydrogen-bond acceptors (Lipinski definition) is 1. The fourth-order valence-corrected chi connectivity index (χ4v) is 2.66. The normalized spacial score (nSPS) is 30.9. The van der Waals surface area contributed by atoms with Crippen molar-refractivity contribution in [3.05, 3.63) is 0 Å². The zero-order valence-electron chi connectivity index (χ0n) is 9.13. The van der Waals surface area contributed by atoms with Crippen LogP contribution in [-0.4, -0.2) is 55.7 Å². The molecule has 0 unspecified atom stereocenters. The minimum atomic E-state index is 0.945. The summed E-state index contributed by atoms with van der Waals surface area (Å²) in [5.74, 6) is 0. The number of piperazine rings is 1. The van der Waals surface area contributed by atoms with Gasteiger partial charge in [-0.25, -0.2) is 0 Å². The first-order valence-electron chi connectivity index (χ1n) is 5.73. The van der Waals surface area contributed by atoms with Crippen molar-refractivity contribution in [1.82, 2.24) is 4.90 Å². The van der Waals surface area contributed by atoms with Crippen LogP contribution in [0.5, 0.6) is 0 Å². The van der Waals surface area contributed by atoms with E-state index in [2.05, 4.69) is 19.0 Å². The topological polar surface area (TPSA) is 3.24 Å². The van der Waals surface area contributed by atoms with Crippen molar-refractivity contribution in [2.24, 2.45) is 0 Å². The van der Waals surface area contributed by atoms with Crippen molar-refractivity contribution in [1.29, 1.82) is 0 Å². The summed E-state index contributed by atoms with van der Waals surface area (Å²) in [6.07, 6.45) is 5.87. The van der Waals surface area contributed by atoms with Crippen LogP contribution >= 0.6 is 0 Å². The molecular formula is C11H23N2+. The summed E-state index contributed by atoms with van der Waals surface area (Å²) in [4.78, 5) is 2.73. The van der Waals surface area contributed by atoms with Gasteiger partial charge in [0.25, 0.3) is 0 Å². The van der Waals surface area contributed by atoms with E-state index in [9.17, 15) is 0 Å². The van der Waals surface area contributed by atoms with Crippen molar-refractivity contribution in [3.8, 4) is 0 Å². The Hall–Kier alpha value is -0.0800. The van der Waals surface area contributed by atoms with E-state index in [1.807, 2.05) is 0 Å². The second-order valence-corrected chi connectivity index (χ2v) is 5.36. The molecule has 1 saturated heterocycles. The summed E-state index contributed by atoms with van der Waals surface area (Å²) in [6, 6.07) is 0.945. The highest BCUT2D eigenvalue weighted by atomic mass is 15.4. The molecule has 13 heavy (non-hydrogen) atoms. The molecule has 1 heterocycles. The van der Waals surface area contributed by atoms with Crippen LogP contribution < -0.4 is 0 Å². The number of hydrogen-bond donors (Lipinski definition) is 0. The lowest BCUT2D eigenvalue weighted by molar-refractivity contribution is -0.894. The molecule has 2 rings (SSSR count). The van der Waals surface area contributed by atoms with Gasteiger partial charge in [0.05, 0.1) is 27.2 Å². The predicted molar refractivity (Wildman–Crippen MR) is 55.7 cm³/mol. The van der Waals surface area contributed by atoms with E-state index in [0.717, 1.165) is 6.04 Å². The molecule has 1 saturated carbocycles. The molecule has 1 aliphatic carbocycles. The zero-order valence-corrected chi connectivity index (χ0v) is 9.13. The van der Waals surface area contributed by atoms with Crippen LogP contribution in [0.15, 0.2) is 0 Å². The van der Waals surface area contributed by atoms with Crippen LogP contribution in [-0.2, 0) is 0 Å². The molecule has 2 nitrogen and oxygen atoms in total. The maximum atomic E-state index is 2.73. The van der Waals surface area contributed by atoms with Gasteiger partial charge in [-0.3, -0.25) is 4.90 Å². The van der Waals surface area contributed by atoms with Gasteiger partial charge in [-0.15, -0.1) is 0 Å². The van der Waals surface area contributed by atoms with E-state index in [1.165, 1.54) is 56.3 Å². The molecule has 0 aromatic heterocycles. The first kappa shape index (κ1) is 9.47. The molecule has 0 aromatic rings. The summed E-state index contributed by atoms with van der Waals surface area (Å²) >= 11 is 0. The summed E-state index contributed by atoms with van der Waals surface area (Å²) < 4.78 is 1.23. The van der Waals surface area contributed by atoms with Gasteiger partial charge in [-0.2, -0.15) is 0 Å². The van der Waals surface area contributed by atoms with Crippen LogP contribution in [0.3, 0.4) is 0 Å². The Labute approximate surface area is 82.1 Å². The highest BCUT2D eigenvalue weighted by molar-refractivity contribution is 4.78. The van der Waals surface area contributed by atoms with Gasteiger partial charge in [0, 0.05) is 19.1 Å². The van der Waals surface area contributed by atoms with Gasteiger partial charge in [0.1, 0.15) is 0 Å². The quantitative estimate of drug-likeness (QED) is 0.554. The molecular weight excluding hydrogens is 160 g/mol. The Morgan fingerprint density at radius 1 is 1.00 bits per heavy atom. The molecule has 2 aliphatic rings. The lowest BCUT2D eigenvalue weighted by Gasteiger charge is -2.41. The Kier molecular flexibility index (Phi) is 2.61. The second kappa shape index (κ2) is 3.58. The van der Waals surface area contributed by atoms with E-state index in [1.54, 1.807) is 0 Å². The van der Waals surface area contributed by atoms with Crippen molar-refractivity contribution < 1.29 is 4.48 Å². The summed E-state index contributed by atoms with van der Waals surface area (Å²) in [6.45, 7) is 5.35. The second-order valence-electron chi connectivity index (χ2n) is 5.36. The lowest BCUT2D eigenvalue weighted by atomic mass is 10.1. The lowest BCUT2D eigenvalue weighted by Crippen LogP contribution is -2.56. The maximum absolute atomic E-state index is 2.73. The fraction of sp³-hybridized carbons (Fsp3) is 1.00. The zero-order chi connectivity index (χ0) is 9.31. The van der Waals surface area contributed by atoms with Gasteiger partial charge < -0.3 is 4.48 Å². The standard InChI is InChI=1S/C11H23N2/c1-13(2)9-7-12(8-10-13)11-5-3-4-6-11/h11H,3-10H2,1-2H3/q+1. The van der Waals surface area contributed by atoms with Gasteiger partial charge in [0.2, 0.25) is 0 Å². The minimum Gasteiger partial charge on any atom is -0.326 e. The average Bonchev–Trinajstić information content (AvgIpc) is 2.56. The Morgan fingerprint density at radius 2 is 1.54 bits per heavy atom. The van der Waals surface area contributed by atoms with Crippen molar-refractivity contribution >= 4 is 0 Å². The third-order valence-electron chi connectivity index (χ3n) is 3.83. The predicted octanol–water partition coefficient (Wildman–Crippen LogP) is 1.32. The molecule has 2 heteroatoms. The molecule has 0 spiro atoms. The highest BCUT2D eigenvalue weighted by Gasteiger charge is 2.29.